The number of nitrogens with two attached hydrogens (primary N) is 1. The molecule has 0 aromatic rings. The van der Waals surface area contributed by atoms with E-state index in [1.165, 1.54) is 0 Å². The fourth-order valence-corrected chi connectivity index (χ4v) is 3.53. The second-order valence-electron chi connectivity index (χ2n) is 6.43. The molecule has 1 aliphatic heterocycles. The number of likely N-dealkylation sites (tertiary alicyclic amines) is 1. The van der Waals surface area contributed by atoms with Gasteiger partial charge in [-0.1, -0.05) is 20.3 Å². The normalized spacial score (nSPS) is 41.9. The molecular weight excluding hydrogens is 211 g/mol. The zero-order valence-corrected chi connectivity index (χ0v) is 11.2. The van der Waals surface area contributed by atoms with E-state index in [1.807, 2.05) is 11.9 Å². The molecule has 2 radical (unpaired) electrons. The SMILES string of the molecule is [B]C1(N)C2CCC(=O)N(C)C2CCCC1(C)C. The predicted octanol–water partition coefficient (Wildman–Crippen LogP) is 1.26. The van der Waals surface area contributed by atoms with E-state index in [9.17, 15) is 4.79 Å². The van der Waals surface area contributed by atoms with Crippen molar-refractivity contribution in [1.82, 2.24) is 4.90 Å². The summed E-state index contributed by atoms with van der Waals surface area (Å²) < 4.78 is 0. The van der Waals surface area contributed by atoms with E-state index in [2.05, 4.69) is 13.8 Å². The lowest BCUT2D eigenvalue weighted by Crippen LogP contribution is -2.64. The highest BCUT2D eigenvalue weighted by molar-refractivity contribution is 6.16. The molecule has 2 fully saturated rings. The Hall–Kier alpha value is -0.505. The lowest BCUT2D eigenvalue weighted by atomic mass is 9.52. The molecule has 2 N–H and O–H groups in total. The summed E-state index contributed by atoms with van der Waals surface area (Å²) in [6.07, 6.45) is 4.59. The van der Waals surface area contributed by atoms with Crippen molar-refractivity contribution in [2.24, 2.45) is 17.1 Å². The molecular formula is C13H23BN2O. The summed E-state index contributed by atoms with van der Waals surface area (Å²) in [5, 5.41) is 0. The van der Waals surface area contributed by atoms with Gasteiger partial charge in [-0.3, -0.25) is 4.79 Å². The first-order valence-corrected chi connectivity index (χ1v) is 6.61. The average Bonchev–Trinajstić information content (AvgIpc) is 2.31. The van der Waals surface area contributed by atoms with E-state index < -0.39 is 5.44 Å². The highest BCUT2D eigenvalue weighted by atomic mass is 16.2. The molecule has 94 valence electrons. The maximum Gasteiger partial charge on any atom is 0.222 e. The van der Waals surface area contributed by atoms with Gasteiger partial charge in [0.25, 0.3) is 0 Å². The Bertz CT molecular complexity index is 327. The third kappa shape index (κ3) is 1.90. The van der Waals surface area contributed by atoms with Crippen LogP contribution in [0.4, 0.5) is 0 Å². The summed E-state index contributed by atoms with van der Waals surface area (Å²) in [5.41, 5.74) is 5.72. The summed E-state index contributed by atoms with van der Waals surface area (Å²) in [4.78, 5) is 13.7. The first-order valence-electron chi connectivity index (χ1n) is 6.61. The van der Waals surface area contributed by atoms with E-state index >= 15 is 0 Å². The number of hydrogen-bond acceptors (Lipinski definition) is 2. The molecule has 2 aliphatic rings. The second-order valence-corrected chi connectivity index (χ2v) is 6.43. The Balaban J connectivity index is 2.34. The minimum Gasteiger partial charge on any atom is -0.342 e. The third-order valence-corrected chi connectivity index (χ3v) is 5.11. The molecule has 0 aromatic carbocycles. The predicted molar refractivity (Wildman–Crippen MR) is 69.6 cm³/mol. The van der Waals surface area contributed by atoms with Gasteiger partial charge in [0, 0.05) is 19.5 Å². The quantitative estimate of drug-likeness (QED) is 0.641. The molecule has 3 atom stereocenters. The van der Waals surface area contributed by atoms with Crippen LogP contribution < -0.4 is 5.73 Å². The van der Waals surface area contributed by atoms with Gasteiger partial charge in [0.1, 0.15) is 0 Å². The van der Waals surface area contributed by atoms with E-state index in [1.54, 1.807) is 0 Å². The summed E-state index contributed by atoms with van der Waals surface area (Å²) in [7, 11) is 8.35. The molecule has 1 saturated carbocycles. The lowest BCUT2D eigenvalue weighted by molar-refractivity contribution is -0.138. The zero-order chi connectivity index (χ0) is 12.8. The van der Waals surface area contributed by atoms with Gasteiger partial charge in [-0.25, -0.2) is 0 Å². The molecule has 1 heterocycles. The maximum atomic E-state index is 11.8. The largest absolute Gasteiger partial charge is 0.342 e. The van der Waals surface area contributed by atoms with Gasteiger partial charge in [0.05, 0.1) is 7.85 Å². The summed E-state index contributed by atoms with van der Waals surface area (Å²) >= 11 is 0. The molecule has 1 amide bonds. The number of hydrogen-bond donors (Lipinski definition) is 1. The van der Waals surface area contributed by atoms with Crippen LogP contribution in [0, 0.1) is 11.3 Å². The van der Waals surface area contributed by atoms with E-state index in [-0.39, 0.29) is 23.3 Å². The minimum absolute atomic E-state index is 0.0619. The van der Waals surface area contributed by atoms with Crippen molar-refractivity contribution < 1.29 is 4.79 Å². The van der Waals surface area contributed by atoms with Crippen LogP contribution in [0.2, 0.25) is 0 Å². The number of carbonyl (C=O) groups excluding carboxylic acids is 1. The van der Waals surface area contributed by atoms with Crippen LogP contribution in [0.5, 0.6) is 0 Å². The molecule has 0 spiro atoms. The third-order valence-electron chi connectivity index (χ3n) is 5.11. The first kappa shape index (κ1) is 12.9. The molecule has 1 saturated heterocycles. The molecule has 0 bridgehead atoms. The van der Waals surface area contributed by atoms with Crippen molar-refractivity contribution in [3.63, 3.8) is 0 Å². The topological polar surface area (TPSA) is 46.3 Å². The van der Waals surface area contributed by atoms with E-state index in [0.29, 0.717) is 6.42 Å². The Labute approximate surface area is 106 Å². The van der Waals surface area contributed by atoms with Crippen LogP contribution in [0.1, 0.15) is 46.0 Å². The van der Waals surface area contributed by atoms with Crippen molar-refractivity contribution in [2.45, 2.75) is 57.4 Å². The minimum atomic E-state index is -0.677. The molecule has 1 aliphatic carbocycles. The van der Waals surface area contributed by atoms with Crippen LogP contribution in [0.15, 0.2) is 0 Å². The molecule has 2 rings (SSSR count). The highest BCUT2D eigenvalue weighted by Gasteiger charge is 2.50. The van der Waals surface area contributed by atoms with Crippen LogP contribution in [-0.4, -0.2) is 37.2 Å². The van der Waals surface area contributed by atoms with Gasteiger partial charge in [-0.2, -0.15) is 0 Å². The van der Waals surface area contributed by atoms with Crippen LogP contribution in [0.3, 0.4) is 0 Å². The summed E-state index contributed by atoms with van der Waals surface area (Å²) in [6, 6.07) is 0.230. The van der Waals surface area contributed by atoms with Crippen molar-refractivity contribution in [1.29, 1.82) is 0 Å². The smallest absolute Gasteiger partial charge is 0.222 e. The zero-order valence-electron chi connectivity index (χ0n) is 11.2. The van der Waals surface area contributed by atoms with Crippen LogP contribution in [0.25, 0.3) is 0 Å². The molecule has 4 heteroatoms. The van der Waals surface area contributed by atoms with E-state index in [0.717, 1.165) is 25.7 Å². The molecule has 0 aromatic heterocycles. The number of rotatable bonds is 0. The standard InChI is InChI=1S/C13H23BN2O/c1-12(2)8-4-5-10-9(13(12,14)15)6-7-11(17)16(10)3/h9-10H,4-8,15H2,1-3H3. The van der Waals surface area contributed by atoms with Crippen LogP contribution >= 0.6 is 0 Å². The Morgan fingerprint density at radius 2 is 2.06 bits per heavy atom. The summed E-state index contributed by atoms with van der Waals surface area (Å²) in [6.45, 7) is 4.32. The Morgan fingerprint density at radius 1 is 1.41 bits per heavy atom. The van der Waals surface area contributed by atoms with Gasteiger partial charge < -0.3 is 10.6 Å². The second kappa shape index (κ2) is 4.01. The van der Waals surface area contributed by atoms with Crippen molar-refractivity contribution in [2.75, 3.05) is 7.05 Å². The summed E-state index contributed by atoms with van der Waals surface area (Å²) in [5.74, 6) is 0.462. The fourth-order valence-electron chi connectivity index (χ4n) is 3.53. The monoisotopic (exact) mass is 234 g/mol. The van der Waals surface area contributed by atoms with Crippen molar-refractivity contribution >= 4 is 13.8 Å². The van der Waals surface area contributed by atoms with Gasteiger partial charge >= 0.3 is 0 Å². The lowest BCUT2D eigenvalue weighted by Gasteiger charge is -2.51. The fraction of sp³-hybridized carbons (Fsp3) is 0.923. The number of fused-ring (bicyclic) bond motifs is 1. The molecule has 3 nitrogen and oxygen atoms in total. The molecule has 17 heavy (non-hydrogen) atoms. The maximum absolute atomic E-state index is 11.8. The van der Waals surface area contributed by atoms with Crippen molar-refractivity contribution in [3.8, 4) is 0 Å². The van der Waals surface area contributed by atoms with Crippen LogP contribution in [-0.2, 0) is 4.79 Å². The Morgan fingerprint density at radius 3 is 2.71 bits per heavy atom. The molecule has 3 unspecified atom stereocenters. The van der Waals surface area contributed by atoms with Gasteiger partial charge in [0.2, 0.25) is 5.91 Å². The van der Waals surface area contributed by atoms with Crippen molar-refractivity contribution in [3.05, 3.63) is 0 Å². The first-order chi connectivity index (χ1) is 7.77. The van der Waals surface area contributed by atoms with Gasteiger partial charge in [-0.15, -0.1) is 0 Å². The number of carbonyl (C=O) groups is 1. The van der Waals surface area contributed by atoms with E-state index in [4.69, 9.17) is 13.6 Å². The Kier molecular flexibility index (Phi) is 3.05. The number of nitrogens with zero attached hydrogens (tertiary/aromatic N) is 1. The number of amides is 1. The van der Waals surface area contributed by atoms with Gasteiger partial charge in [0.15, 0.2) is 0 Å². The highest BCUT2D eigenvalue weighted by Crippen LogP contribution is 2.46. The average molecular weight is 234 g/mol. The number of piperidine rings is 1. The van der Waals surface area contributed by atoms with Gasteiger partial charge in [-0.05, 0) is 36.0 Å².